The Kier molecular flexibility index (Phi) is 8.61. The van der Waals surface area contributed by atoms with E-state index < -0.39 is 35.2 Å². The normalized spacial score (nSPS) is 15.9. The van der Waals surface area contributed by atoms with Gasteiger partial charge in [-0.15, -0.1) is 0 Å². The lowest BCUT2D eigenvalue weighted by Gasteiger charge is -2.25. The van der Waals surface area contributed by atoms with Crippen molar-refractivity contribution in [2.45, 2.75) is 30.4 Å². The van der Waals surface area contributed by atoms with Crippen LogP contribution in [0.3, 0.4) is 0 Å². The molecule has 4 rings (SSSR count). The Morgan fingerprint density at radius 1 is 1.14 bits per heavy atom. The van der Waals surface area contributed by atoms with Crippen LogP contribution in [0.1, 0.15) is 24.0 Å². The van der Waals surface area contributed by atoms with Gasteiger partial charge in [0.25, 0.3) is 0 Å². The van der Waals surface area contributed by atoms with Crippen LogP contribution in [0.25, 0.3) is 11.1 Å². The van der Waals surface area contributed by atoms with E-state index in [0.717, 1.165) is 18.9 Å². The van der Waals surface area contributed by atoms with Gasteiger partial charge in [0.15, 0.2) is 6.61 Å². The number of benzene rings is 3. The number of hydrogen-bond donors (Lipinski definition) is 1. The van der Waals surface area contributed by atoms with E-state index in [1.54, 1.807) is 22.5 Å². The summed E-state index contributed by atoms with van der Waals surface area (Å²) in [5.74, 6) is -2.03. The minimum absolute atomic E-state index is 0.0991. The van der Waals surface area contributed by atoms with Gasteiger partial charge in [0.2, 0.25) is 0 Å². The van der Waals surface area contributed by atoms with Crippen LogP contribution in [0.5, 0.6) is 5.75 Å². The molecule has 1 aliphatic rings. The molecule has 1 heterocycles. The Balaban J connectivity index is 1.69. The molecule has 0 spiro atoms. The van der Waals surface area contributed by atoms with E-state index in [-0.39, 0.29) is 24.0 Å². The lowest BCUT2D eigenvalue weighted by molar-refractivity contribution is -0.139. The minimum Gasteiger partial charge on any atom is -0.481 e. The molecule has 37 heavy (non-hydrogen) atoms. The Morgan fingerprint density at radius 2 is 1.92 bits per heavy atom. The summed E-state index contributed by atoms with van der Waals surface area (Å²) in [6, 6.07) is 16.1. The van der Waals surface area contributed by atoms with Crippen LogP contribution in [-0.2, 0) is 27.1 Å². The van der Waals surface area contributed by atoms with Gasteiger partial charge in [-0.1, -0.05) is 6.07 Å². The predicted molar refractivity (Wildman–Crippen MR) is 132 cm³/mol. The summed E-state index contributed by atoms with van der Waals surface area (Å²) in [4.78, 5) is 11.5. The van der Waals surface area contributed by atoms with Gasteiger partial charge < -0.3 is 14.6 Å². The van der Waals surface area contributed by atoms with Crippen LogP contribution in [-0.4, -0.2) is 45.5 Å². The van der Waals surface area contributed by atoms with Crippen LogP contribution in [0.15, 0.2) is 65.6 Å². The van der Waals surface area contributed by atoms with E-state index in [0.29, 0.717) is 34.7 Å². The first kappa shape index (κ1) is 26.4. The highest BCUT2D eigenvalue weighted by Gasteiger charge is 2.24. The van der Waals surface area contributed by atoms with Crippen molar-refractivity contribution in [2.75, 3.05) is 19.8 Å². The summed E-state index contributed by atoms with van der Waals surface area (Å²) in [6.07, 6.45) is 1.62. The van der Waals surface area contributed by atoms with Crippen molar-refractivity contribution in [3.8, 4) is 22.9 Å². The quantitative estimate of drug-likeness (QED) is 0.412. The molecule has 2 atom stereocenters. The smallest absolute Gasteiger partial charge is 0.341 e. The molecular formula is C27H24F2N2O5S. The summed E-state index contributed by atoms with van der Waals surface area (Å²) in [6.45, 7) is 0.598. The van der Waals surface area contributed by atoms with Crippen LogP contribution >= 0.6 is 0 Å². The second kappa shape index (κ2) is 12.1. The van der Waals surface area contributed by atoms with Crippen LogP contribution in [0.2, 0.25) is 0 Å². The first-order chi connectivity index (χ1) is 17.8. The highest BCUT2D eigenvalue weighted by molar-refractivity contribution is 7.82. The van der Waals surface area contributed by atoms with E-state index in [2.05, 4.69) is 0 Å². The number of hydrogen-bond acceptors (Lipinski definition) is 5. The van der Waals surface area contributed by atoms with Crippen LogP contribution in [0, 0.1) is 23.0 Å². The molecule has 3 aromatic rings. The third-order valence-electron chi connectivity index (χ3n) is 5.77. The molecule has 2 unspecified atom stereocenters. The predicted octanol–water partition coefficient (Wildman–Crippen LogP) is 4.67. The van der Waals surface area contributed by atoms with Crippen LogP contribution in [0.4, 0.5) is 8.78 Å². The minimum atomic E-state index is -1.63. The molecule has 192 valence electrons. The fourth-order valence-corrected chi connectivity index (χ4v) is 5.32. The fraction of sp³-hybridized carbons (Fsp3) is 0.259. The zero-order valence-corrected chi connectivity index (χ0v) is 20.5. The maximum Gasteiger partial charge on any atom is 0.341 e. The molecule has 0 aliphatic carbocycles. The molecule has 1 aliphatic heterocycles. The first-order valence-electron chi connectivity index (χ1n) is 11.5. The molecule has 1 N–H and O–H groups in total. The van der Waals surface area contributed by atoms with E-state index >= 15 is 0 Å². The average Bonchev–Trinajstić information content (AvgIpc) is 3.40. The number of nitriles is 1. The van der Waals surface area contributed by atoms with E-state index in [1.165, 1.54) is 36.4 Å². The van der Waals surface area contributed by atoms with Crippen molar-refractivity contribution in [3.63, 3.8) is 0 Å². The van der Waals surface area contributed by atoms with E-state index in [4.69, 9.17) is 14.6 Å². The van der Waals surface area contributed by atoms with Gasteiger partial charge in [0.05, 0.1) is 22.6 Å². The van der Waals surface area contributed by atoms with Gasteiger partial charge in [-0.05, 0) is 78.6 Å². The van der Waals surface area contributed by atoms with Gasteiger partial charge in [0.1, 0.15) is 28.4 Å². The summed E-state index contributed by atoms with van der Waals surface area (Å²) in [7, 11) is -1.63. The maximum absolute atomic E-state index is 14.2. The number of carbonyl (C=O) groups is 1. The van der Waals surface area contributed by atoms with Gasteiger partial charge in [-0.3, -0.25) is 0 Å². The second-order valence-electron chi connectivity index (χ2n) is 8.51. The summed E-state index contributed by atoms with van der Waals surface area (Å²) in [5.41, 5.74) is 1.51. The number of carboxylic acids is 1. The number of rotatable bonds is 10. The van der Waals surface area contributed by atoms with E-state index in [9.17, 15) is 23.0 Å². The largest absolute Gasteiger partial charge is 0.481 e. The van der Waals surface area contributed by atoms with Gasteiger partial charge in [0, 0.05) is 25.3 Å². The Labute approximate surface area is 215 Å². The van der Waals surface area contributed by atoms with Crippen molar-refractivity contribution in [1.29, 1.82) is 5.26 Å². The number of halogens is 2. The monoisotopic (exact) mass is 526 g/mol. The Hall–Kier alpha value is -3.65. The van der Waals surface area contributed by atoms with E-state index in [1.807, 2.05) is 6.07 Å². The molecule has 0 aromatic heterocycles. The van der Waals surface area contributed by atoms with Crippen molar-refractivity contribution in [2.24, 2.45) is 0 Å². The molecule has 0 bridgehead atoms. The fourth-order valence-electron chi connectivity index (χ4n) is 4.09. The summed E-state index contributed by atoms with van der Waals surface area (Å²) < 4.78 is 54.0. The number of ether oxygens (including phenoxy) is 2. The van der Waals surface area contributed by atoms with Crippen molar-refractivity contribution in [3.05, 3.63) is 83.4 Å². The summed E-state index contributed by atoms with van der Waals surface area (Å²) >= 11 is 0. The third kappa shape index (κ3) is 6.98. The second-order valence-corrected chi connectivity index (χ2v) is 10.0. The molecule has 0 saturated carbocycles. The SMILES string of the molecule is N#Cc1cc(F)cc(-c2cc(CN(CC3CCCO3)S(=O)c3ccc(F)cc3)ccc2OCC(=O)O)c1. The summed E-state index contributed by atoms with van der Waals surface area (Å²) in [5, 5.41) is 18.3. The zero-order valence-electron chi connectivity index (χ0n) is 19.7. The van der Waals surface area contributed by atoms with Crippen molar-refractivity contribution >= 4 is 17.0 Å². The van der Waals surface area contributed by atoms with Gasteiger partial charge >= 0.3 is 5.97 Å². The Morgan fingerprint density at radius 3 is 2.59 bits per heavy atom. The average molecular weight is 527 g/mol. The maximum atomic E-state index is 14.2. The standard InChI is InChI=1S/C27H24F2N2O5S/c28-21-4-6-24(7-5-21)37(34)31(16-23-2-1-9-35-23)15-18-3-8-26(36-17-27(32)33)25(12-18)20-10-19(14-30)11-22(29)13-20/h3-8,10-13,23H,1-2,9,15-17H2,(H,32,33). The van der Waals surface area contributed by atoms with Gasteiger partial charge in [-0.25, -0.2) is 22.1 Å². The molecule has 3 aromatic carbocycles. The third-order valence-corrected chi connectivity index (χ3v) is 7.20. The Bertz CT molecular complexity index is 1340. The highest BCUT2D eigenvalue weighted by Crippen LogP contribution is 2.33. The topological polar surface area (TPSA) is 99.9 Å². The molecular weight excluding hydrogens is 502 g/mol. The number of aliphatic carboxylic acids is 1. The highest BCUT2D eigenvalue weighted by atomic mass is 32.2. The molecule has 0 radical (unpaired) electrons. The zero-order chi connectivity index (χ0) is 26.4. The molecule has 7 nitrogen and oxygen atoms in total. The number of carboxylic acid groups (broad SMARTS) is 1. The molecule has 1 saturated heterocycles. The number of nitrogens with zero attached hydrogens (tertiary/aromatic N) is 2. The van der Waals surface area contributed by atoms with Crippen LogP contribution < -0.4 is 4.74 Å². The van der Waals surface area contributed by atoms with Crippen molar-refractivity contribution < 1.29 is 32.4 Å². The van der Waals surface area contributed by atoms with Gasteiger partial charge in [-0.2, -0.15) is 5.26 Å². The van der Waals surface area contributed by atoms with Crippen molar-refractivity contribution in [1.82, 2.24) is 4.31 Å². The molecule has 1 fully saturated rings. The molecule has 10 heteroatoms. The first-order valence-corrected chi connectivity index (χ1v) is 12.7. The molecule has 0 amide bonds. The lowest BCUT2D eigenvalue weighted by atomic mass is 9.99. The lowest BCUT2D eigenvalue weighted by Crippen LogP contribution is -2.33.